The third-order valence-electron chi connectivity index (χ3n) is 3.10. The van der Waals surface area contributed by atoms with Crippen LogP contribution in [0.25, 0.3) is 11.4 Å². The van der Waals surface area contributed by atoms with E-state index in [-0.39, 0.29) is 5.91 Å². The van der Waals surface area contributed by atoms with E-state index >= 15 is 0 Å². The summed E-state index contributed by atoms with van der Waals surface area (Å²) < 4.78 is 10.5. The van der Waals surface area contributed by atoms with Gasteiger partial charge in [0.2, 0.25) is 17.6 Å². The Balaban J connectivity index is 2.00. The highest BCUT2D eigenvalue weighted by Crippen LogP contribution is 2.27. The zero-order valence-electron chi connectivity index (χ0n) is 12.5. The average Bonchev–Trinajstić information content (AvgIpc) is 2.95. The molecule has 6 nitrogen and oxygen atoms in total. The molecule has 0 saturated carbocycles. The zero-order valence-corrected chi connectivity index (χ0v) is 12.5. The van der Waals surface area contributed by atoms with Crippen molar-refractivity contribution < 1.29 is 14.1 Å². The molecule has 0 aliphatic rings. The lowest BCUT2D eigenvalue weighted by Crippen LogP contribution is -2.21. The summed E-state index contributed by atoms with van der Waals surface area (Å²) in [6.07, 6.45) is 1.74. The Kier molecular flexibility index (Phi) is 4.92. The molecule has 1 heterocycles. The Morgan fingerprint density at radius 2 is 2.10 bits per heavy atom. The lowest BCUT2D eigenvalue weighted by atomic mass is 10.2. The predicted octanol–water partition coefficient (Wildman–Crippen LogP) is 2.16. The van der Waals surface area contributed by atoms with Crippen LogP contribution in [0.4, 0.5) is 0 Å². The second-order valence-electron chi connectivity index (χ2n) is 4.85. The van der Waals surface area contributed by atoms with Gasteiger partial charge in [-0.25, -0.2) is 0 Å². The zero-order chi connectivity index (χ0) is 15.2. The Hall–Kier alpha value is -2.37. The standard InChI is InChI=1S/C15H19N3O3/c1-18(2)14(19)10-6-9-13-16-15(17-21-13)11-7-4-5-8-12(11)20-3/h4-5,7-8H,6,9-10H2,1-3H3. The van der Waals surface area contributed by atoms with Crippen molar-refractivity contribution in [2.75, 3.05) is 21.2 Å². The number of carbonyl (C=O) groups is 1. The molecule has 2 rings (SSSR count). The minimum Gasteiger partial charge on any atom is -0.496 e. The molecule has 0 saturated heterocycles. The number of amides is 1. The number of benzene rings is 1. The van der Waals surface area contributed by atoms with Gasteiger partial charge in [0.1, 0.15) is 5.75 Å². The van der Waals surface area contributed by atoms with E-state index in [1.54, 1.807) is 26.1 Å². The van der Waals surface area contributed by atoms with E-state index in [2.05, 4.69) is 10.1 Å². The molecule has 1 amide bonds. The highest BCUT2D eigenvalue weighted by Gasteiger charge is 2.13. The quantitative estimate of drug-likeness (QED) is 0.815. The van der Waals surface area contributed by atoms with Gasteiger partial charge >= 0.3 is 0 Å². The molecule has 0 aliphatic heterocycles. The number of hydrogen-bond acceptors (Lipinski definition) is 5. The summed E-state index contributed by atoms with van der Waals surface area (Å²) in [5.74, 6) is 1.83. The van der Waals surface area contributed by atoms with Gasteiger partial charge in [-0.15, -0.1) is 0 Å². The van der Waals surface area contributed by atoms with Gasteiger partial charge in [0.25, 0.3) is 0 Å². The maximum atomic E-state index is 11.5. The molecular weight excluding hydrogens is 270 g/mol. The van der Waals surface area contributed by atoms with Crippen LogP contribution in [-0.2, 0) is 11.2 Å². The number of aryl methyl sites for hydroxylation is 1. The fourth-order valence-electron chi connectivity index (χ4n) is 1.91. The topological polar surface area (TPSA) is 68.5 Å². The molecule has 6 heteroatoms. The molecule has 0 unspecified atom stereocenters. The summed E-state index contributed by atoms with van der Waals surface area (Å²) in [5, 5.41) is 3.97. The lowest BCUT2D eigenvalue weighted by molar-refractivity contribution is -0.128. The van der Waals surface area contributed by atoms with E-state index in [1.165, 1.54) is 0 Å². The first-order chi connectivity index (χ1) is 10.1. The van der Waals surface area contributed by atoms with E-state index in [0.29, 0.717) is 36.7 Å². The van der Waals surface area contributed by atoms with Gasteiger partial charge in [0, 0.05) is 26.9 Å². The summed E-state index contributed by atoms with van der Waals surface area (Å²) in [5.41, 5.74) is 0.791. The first-order valence-corrected chi connectivity index (χ1v) is 6.78. The Morgan fingerprint density at radius 1 is 1.33 bits per heavy atom. The largest absolute Gasteiger partial charge is 0.496 e. The van der Waals surface area contributed by atoms with Gasteiger partial charge in [0.15, 0.2) is 0 Å². The van der Waals surface area contributed by atoms with Gasteiger partial charge in [-0.1, -0.05) is 17.3 Å². The molecule has 112 valence electrons. The van der Waals surface area contributed by atoms with Gasteiger partial charge in [-0.3, -0.25) is 4.79 Å². The molecule has 0 fully saturated rings. The van der Waals surface area contributed by atoms with E-state index in [4.69, 9.17) is 9.26 Å². The maximum absolute atomic E-state index is 11.5. The number of nitrogens with zero attached hydrogens (tertiary/aromatic N) is 3. The molecule has 0 aliphatic carbocycles. The lowest BCUT2D eigenvalue weighted by Gasteiger charge is -2.08. The molecule has 1 aromatic carbocycles. The van der Waals surface area contributed by atoms with Gasteiger partial charge in [-0.2, -0.15) is 4.98 Å². The fraction of sp³-hybridized carbons (Fsp3) is 0.400. The summed E-state index contributed by atoms with van der Waals surface area (Å²) >= 11 is 0. The minimum atomic E-state index is 0.0967. The molecule has 1 aromatic heterocycles. The number of ether oxygens (including phenoxy) is 1. The number of para-hydroxylation sites is 1. The normalized spacial score (nSPS) is 10.4. The molecular formula is C15H19N3O3. The molecule has 0 N–H and O–H groups in total. The Morgan fingerprint density at radius 3 is 2.81 bits per heavy atom. The van der Waals surface area contributed by atoms with Crippen LogP contribution in [0.5, 0.6) is 5.75 Å². The summed E-state index contributed by atoms with van der Waals surface area (Å²) in [6, 6.07) is 7.50. The van der Waals surface area contributed by atoms with Gasteiger partial charge in [0.05, 0.1) is 12.7 Å². The maximum Gasteiger partial charge on any atom is 0.226 e. The summed E-state index contributed by atoms with van der Waals surface area (Å²) in [4.78, 5) is 17.4. The number of rotatable bonds is 6. The predicted molar refractivity (Wildman–Crippen MR) is 77.9 cm³/mol. The monoisotopic (exact) mass is 289 g/mol. The number of methoxy groups -OCH3 is 1. The van der Waals surface area contributed by atoms with Crippen molar-refractivity contribution in [3.63, 3.8) is 0 Å². The highest BCUT2D eigenvalue weighted by atomic mass is 16.5. The van der Waals surface area contributed by atoms with Crippen LogP contribution in [0, 0.1) is 0 Å². The fourth-order valence-corrected chi connectivity index (χ4v) is 1.91. The molecule has 0 radical (unpaired) electrons. The summed E-state index contributed by atoms with van der Waals surface area (Å²) in [6.45, 7) is 0. The van der Waals surface area contributed by atoms with E-state index in [9.17, 15) is 4.79 Å². The smallest absolute Gasteiger partial charge is 0.226 e. The molecule has 0 atom stereocenters. The van der Waals surface area contributed by atoms with Crippen molar-refractivity contribution >= 4 is 5.91 Å². The number of aromatic nitrogens is 2. The SMILES string of the molecule is COc1ccccc1-c1noc(CCCC(=O)N(C)C)n1. The van der Waals surface area contributed by atoms with Crippen molar-refractivity contribution in [2.45, 2.75) is 19.3 Å². The van der Waals surface area contributed by atoms with E-state index in [1.807, 2.05) is 24.3 Å². The van der Waals surface area contributed by atoms with Crippen LogP contribution in [0.3, 0.4) is 0 Å². The Labute approximate surface area is 123 Å². The highest BCUT2D eigenvalue weighted by molar-refractivity contribution is 5.75. The molecule has 21 heavy (non-hydrogen) atoms. The number of hydrogen-bond donors (Lipinski definition) is 0. The van der Waals surface area contributed by atoms with Crippen molar-refractivity contribution in [1.82, 2.24) is 15.0 Å². The molecule has 0 bridgehead atoms. The molecule has 0 spiro atoms. The third-order valence-corrected chi connectivity index (χ3v) is 3.10. The van der Waals surface area contributed by atoms with Crippen LogP contribution in [0.1, 0.15) is 18.7 Å². The first kappa shape index (κ1) is 15.0. The first-order valence-electron chi connectivity index (χ1n) is 6.78. The average molecular weight is 289 g/mol. The van der Waals surface area contributed by atoms with Gasteiger partial charge in [-0.05, 0) is 18.6 Å². The van der Waals surface area contributed by atoms with Crippen molar-refractivity contribution in [3.8, 4) is 17.1 Å². The van der Waals surface area contributed by atoms with Crippen LogP contribution >= 0.6 is 0 Å². The van der Waals surface area contributed by atoms with Crippen LogP contribution in [-0.4, -0.2) is 42.2 Å². The molecule has 2 aromatic rings. The minimum absolute atomic E-state index is 0.0967. The second kappa shape index (κ2) is 6.88. The number of carbonyl (C=O) groups excluding carboxylic acids is 1. The van der Waals surface area contributed by atoms with E-state index < -0.39 is 0 Å². The summed E-state index contributed by atoms with van der Waals surface area (Å²) in [7, 11) is 5.09. The van der Waals surface area contributed by atoms with Crippen molar-refractivity contribution in [1.29, 1.82) is 0 Å². The van der Waals surface area contributed by atoms with Crippen LogP contribution in [0.15, 0.2) is 28.8 Å². The van der Waals surface area contributed by atoms with Crippen LogP contribution < -0.4 is 4.74 Å². The van der Waals surface area contributed by atoms with E-state index in [0.717, 1.165) is 5.56 Å². The third kappa shape index (κ3) is 3.81. The van der Waals surface area contributed by atoms with Gasteiger partial charge < -0.3 is 14.2 Å². The second-order valence-corrected chi connectivity index (χ2v) is 4.85. The van der Waals surface area contributed by atoms with Crippen molar-refractivity contribution in [2.24, 2.45) is 0 Å². The van der Waals surface area contributed by atoms with Crippen LogP contribution in [0.2, 0.25) is 0 Å². The Bertz CT molecular complexity index is 608. The van der Waals surface area contributed by atoms with Crippen molar-refractivity contribution in [3.05, 3.63) is 30.2 Å².